The van der Waals surface area contributed by atoms with Crippen LogP contribution < -0.4 is 0 Å². The van der Waals surface area contributed by atoms with Crippen molar-refractivity contribution in [1.82, 2.24) is 0 Å². The molecule has 0 aromatic rings. The predicted molar refractivity (Wildman–Crippen MR) is 91.7 cm³/mol. The second-order valence-corrected chi connectivity index (χ2v) is 7.23. The van der Waals surface area contributed by atoms with Crippen LogP contribution >= 0.6 is 0 Å². The minimum absolute atomic E-state index is 0.0593. The van der Waals surface area contributed by atoms with Gasteiger partial charge in [-0.2, -0.15) is 0 Å². The monoisotopic (exact) mass is 314 g/mol. The quantitative estimate of drug-likeness (QED) is 0.420. The molecule has 0 aromatic heterocycles. The summed E-state index contributed by atoms with van der Waals surface area (Å²) >= 11 is 0. The van der Waals surface area contributed by atoms with Crippen molar-refractivity contribution in [2.75, 3.05) is 0 Å². The smallest absolute Gasteiger partial charge is 0.310 e. The first-order chi connectivity index (χ1) is 10.8. The second-order valence-electron chi connectivity index (χ2n) is 7.23. The molecule has 0 saturated heterocycles. The van der Waals surface area contributed by atoms with E-state index in [2.05, 4.69) is 26.5 Å². The zero-order chi connectivity index (χ0) is 17.2. The Morgan fingerprint density at radius 3 is 2.74 bits per heavy atom. The van der Waals surface area contributed by atoms with E-state index in [4.69, 9.17) is 4.74 Å². The van der Waals surface area contributed by atoms with Gasteiger partial charge < -0.3 is 4.74 Å². The topological polar surface area (TPSA) is 43.4 Å². The summed E-state index contributed by atoms with van der Waals surface area (Å²) in [6, 6.07) is 0. The van der Waals surface area contributed by atoms with Crippen LogP contribution in [0.15, 0.2) is 48.1 Å². The minimum atomic E-state index is -0.411. The molecule has 3 atom stereocenters. The molecule has 0 radical (unpaired) electrons. The van der Waals surface area contributed by atoms with Gasteiger partial charge in [-0.1, -0.05) is 50.3 Å². The average Bonchev–Trinajstić information content (AvgIpc) is 2.79. The van der Waals surface area contributed by atoms with Crippen LogP contribution in [0.1, 0.15) is 40.5 Å². The summed E-state index contributed by atoms with van der Waals surface area (Å²) < 4.78 is 5.58. The molecular weight excluding hydrogens is 288 g/mol. The number of carbonyl (C=O) groups is 2. The maximum atomic E-state index is 12.4. The molecule has 3 unspecified atom stereocenters. The highest BCUT2D eigenvalue weighted by Crippen LogP contribution is 2.60. The van der Waals surface area contributed by atoms with Crippen LogP contribution in [0.5, 0.6) is 0 Å². The number of hydrogen-bond acceptors (Lipinski definition) is 3. The molecule has 0 spiro atoms. The molecule has 23 heavy (non-hydrogen) atoms. The van der Waals surface area contributed by atoms with Crippen molar-refractivity contribution >= 4 is 11.8 Å². The summed E-state index contributed by atoms with van der Waals surface area (Å²) in [5.41, 5.74) is 1.87. The Bertz CT molecular complexity index is 600. The van der Waals surface area contributed by atoms with Crippen LogP contribution in [0.25, 0.3) is 0 Å². The van der Waals surface area contributed by atoms with E-state index in [1.807, 2.05) is 26.0 Å². The van der Waals surface area contributed by atoms with E-state index in [9.17, 15) is 9.59 Å². The fourth-order valence-electron chi connectivity index (χ4n) is 3.26. The molecule has 2 aliphatic rings. The third-order valence-corrected chi connectivity index (χ3v) is 4.69. The first kappa shape index (κ1) is 17.5. The first-order valence-corrected chi connectivity index (χ1v) is 8.14. The summed E-state index contributed by atoms with van der Waals surface area (Å²) in [6.07, 6.45) is 9.73. The molecule has 0 N–H and O–H groups in total. The van der Waals surface area contributed by atoms with E-state index in [1.54, 1.807) is 12.2 Å². The van der Waals surface area contributed by atoms with Crippen LogP contribution in [0.4, 0.5) is 0 Å². The summed E-state index contributed by atoms with van der Waals surface area (Å²) in [6.45, 7) is 11.9. The first-order valence-electron chi connectivity index (χ1n) is 8.14. The molecule has 0 bridgehead atoms. The molecule has 3 nitrogen and oxygen atoms in total. The molecule has 2 aliphatic carbocycles. The maximum Gasteiger partial charge on any atom is 0.310 e. The van der Waals surface area contributed by atoms with E-state index in [0.717, 1.165) is 5.57 Å². The van der Waals surface area contributed by atoms with Gasteiger partial charge in [0.2, 0.25) is 0 Å². The summed E-state index contributed by atoms with van der Waals surface area (Å²) in [5, 5.41) is 0. The number of ketones is 1. The normalized spacial score (nSPS) is 28.4. The fourth-order valence-corrected chi connectivity index (χ4v) is 3.26. The zero-order valence-corrected chi connectivity index (χ0v) is 14.5. The fraction of sp³-hybridized carbons (Fsp3) is 0.500. The van der Waals surface area contributed by atoms with Crippen molar-refractivity contribution in [1.29, 1.82) is 0 Å². The lowest BCUT2D eigenvalue weighted by Crippen LogP contribution is -2.18. The van der Waals surface area contributed by atoms with Crippen LogP contribution in [-0.4, -0.2) is 17.9 Å². The van der Waals surface area contributed by atoms with Crippen LogP contribution in [0, 0.1) is 17.3 Å². The van der Waals surface area contributed by atoms with Gasteiger partial charge in [0.25, 0.3) is 0 Å². The molecule has 3 heteroatoms. The third-order valence-electron chi connectivity index (χ3n) is 4.69. The molecule has 0 amide bonds. The number of ether oxygens (including phenoxy) is 1. The lowest BCUT2D eigenvalue weighted by Gasteiger charge is -2.09. The van der Waals surface area contributed by atoms with Crippen molar-refractivity contribution < 1.29 is 14.3 Å². The van der Waals surface area contributed by atoms with E-state index in [1.165, 1.54) is 5.57 Å². The molecule has 1 fully saturated rings. The van der Waals surface area contributed by atoms with Gasteiger partial charge in [0, 0.05) is 0 Å². The Hall–Kier alpha value is -1.90. The van der Waals surface area contributed by atoms with Crippen LogP contribution in [0.3, 0.4) is 0 Å². The molecule has 0 heterocycles. The van der Waals surface area contributed by atoms with E-state index < -0.39 is 6.10 Å². The molecule has 2 rings (SSSR count). The largest absolute Gasteiger partial charge is 0.457 e. The number of rotatable bonds is 6. The highest BCUT2D eigenvalue weighted by molar-refractivity contribution is 5.99. The van der Waals surface area contributed by atoms with Crippen molar-refractivity contribution in [3.8, 4) is 0 Å². The number of esters is 1. The van der Waals surface area contributed by atoms with Gasteiger partial charge in [-0.05, 0) is 43.3 Å². The van der Waals surface area contributed by atoms with Gasteiger partial charge in [-0.25, -0.2) is 0 Å². The predicted octanol–water partition coefficient (Wildman–Crippen LogP) is 4.17. The van der Waals surface area contributed by atoms with Gasteiger partial charge in [-0.3, -0.25) is 9.59 Å². The number of Topliss-reactive ketones (excluding diaryl/α,β-unsaturated/α-hetero) is 1. The third kappa shape index (κ3) is 3.90. The van der Waals surface area contributed by atoms with Gasteiger partial charge in [0.05, 0.1) is 12.3 Å². The minimum Gasteiger partial charge on any atom is -0.457 e. The van der Waals surface area contributed by atoms with Gasteiger partial charge in [0.1, 0.15) is 6.10 Å². The summed E-state index contributed by atoms with van der Waals surface area (Å²) in [5.74, 6) is 0.00328. The highest BCUT2D eigenvalue weighted by atomic mass is 16.5. The van der Waals surface area contributed by atoms with Gasteiger partial charge in [0.15, 0.2) is 5.78 Å². The van der Waals surface area contributed by atoms with E-state index in [-0.39, 0.29) is 35.4 Å². The Kier molecular flexibility index (Phi) is 5.08. The Labute approximate surface area is 138 Å². The van der Waals surface area contributed by atoms with Crippen molar-refractivity contribution in [2.24, 2.45) is 17.3 Å². The second kappa shape index (κ2) is 6.69. The highest BCUT2D eigenvalue weighted by Gasteiger charge is 2.61. The number of hydrogen-bond donors (Lipinski definition) is 0. The standard InChI is InChI=1S/C20H26O3/c1-6-7-8-9-14-11-15(12-17(14)21)23-19(22)18-16(10-13(2)3)20(18,4)5/h6-8,10-11,15-16,18H,1,9,12H2,2-5H3. The van der Waals surface area contributed by atoms with Gasteiger partial charge >= 0.3 is 5.97 Å². The molecule has 124 valence electrons. The Morgan fingerprint density at radius 1 is 1.43 bits per heavy atom. The molecular formula is C20H26O3. The molecule has 0 aliphatic heterocycles. The van der Waals surface area contributed by atoms with Crippen molar-refractivity contribution in [3.63, 3.8) is 0 Å². The lowest BCUT2D eigenvalue weighted by molar-refractivity contribution is -0.149. The lowest BCUT2D eigenvalue weighted by atomic mass is 10.1. The van der Waals surface area contributed by atoms with Crippen LogP contribution in [-0.2, 0) is 14.3 Å². The van der Waals surface area contributed by atoms with Crippen molar-refractivity contribution in [3.05, 3.63) is 48.1 Å². The zero-order valence-electron chi connectivity index (χ0n) is 14.5. The number of carbonyl (C=O) groups excluding carboxylic acids is 2. The Morgan fingerprint density at radius 2 is 2.13 bits per heavy atom. The van der Waals surface area contributed by atoms with E-state index >= 15 is 0 Å². The summed E-state index contributed by atoms with van der Waals surface area (Å²) in [7, 11) is 0. The maximum absolute atomic E-state index is 12.4. The molecule has 1 saturated carbocycles. The molecule has 0 aromatic carbocycles. The SMILES string of the molecule is C=CC=CCC1=CC(OC(=O)C2C(C=C(C)C)C2(C)C)CC1=O. The van der Waals surface area contributed by atoms with E-state index in [0.29, 0.717) is 6.42 Å². The summed E-state index contributed by atoms with van der Waals surface area (Å²) in [4.78, 5) is 24.4. The van der Waals surface area contributed by atoms with Crippen LogP contribution in [0.2, 0.25) is 0 Å². The average molecular weight is 314 g/mol. The van der Waals surface area contributed by atoms with Gasteiger partial charge in [-0.15, -0.1) is 0 Å². The number of allylic oxidation sites excluding steroid dienone is 6. The Balaban J connectivity index is 1.97. The van der Waals surface area contributed by atoms with Crippen molar-refractivity contribution in [2.45, 2.75) is 46.6 Å².